The maximum atomic E-state index is 13.0. The molecule has 4 nitrogen and oxygen atoms in total. The van der Waals surface area contributed by atoms with Crippen molar-refractivity contribution in [3.8, 4) is 0 Å². The van der Waals surface area contributed by atoms with E-state index in [2.05, 4.69) is 0 Å². The number of rotatable bonds is 0. The third kappa shape index (κ3) is 10.4. The monoisotopic (exact) mass is 558 g/mol. The van der Waals surface area contributed by atoms with E-state index in [1.54, 1.807) is 0 Å². The largest absolute Gasteiger partial charge is 0.867 e. The van der Waals surface area contributed by atoms with Crippen molar-refractivity contribution in [3.05, 3.63) is 58.1 Å². The SMILES string of the molecule is F[n+]1c(Cl)cccc1C(Cl)(Cl)Cl.F[n+]1c(Cl)cccc1C(Cl)(Cl)Cl.[O-]B([O-])F. The fraction of sp³-hybridized carbons (Fsp3) is 0.167. The molecule has 2 rings (SSSR count). The second-order valence-corrected chi connectivity index (χ2v) is 9.64. The van der Waals surface area contributed by atoms with Crippen LogP contribution in [0.3, 0.4) is 0 Å². The molecule has 16 heteroatoms. The Morgan fingerprint density at radius 1 is 0.714 bits per heavy atom. The maximum absolute atomic E-state index is 13.0. The molecular weight excluding hydrogens is 556 g/mol. The van der Waals surface area contributed by atoms with Crippen LogP contribution in [0, 0.1) is 0 Å². The summed E-state index contributed by atoms with van der Waals surface area (Å²) < 4.78 is 32.3. The molecule has 2 heterocycles. The van der Waals surface area contributed by atoms with Crippen molar-refractivity contribution in [1.29, 1.82) is 0 Å². The van der Waals surface area contributed by atoms with Gasteiger partial charge in [0.05, 0.1) is 8.96 Å². The average molecular weight is 562 g/mol. The van der Waals surface area contributed by atoms with E-state index in [0.29, 0.717) is 0 Å². The van der Waals surface area contributed by atoms with Crippen molar-refractivity contribution in [1.82, 2.24) is 0 Å². The summed E-state index contributed by atoms with van der Waals surface area (Å²) in [6, 6.07) is 8.35. The molecule has 0 radical (unpaired) electrons. The molecule has 0 spiro atoms. The molecule has 156 valence electrons. The smallest absolute Gasteiger partial charge is 0.322 e. The van der Waals surface area contributed by atoms with Crippen LogP contribution in [-0.2, 0) is 7.59 Å². The highest BCUT2D eigenvalue weighted by molar-refractivity contribution is 6.67. The lowest BCUT2D eigenvalue weighted by Gasteiger charge is -2.09. The molecule has 0 aliphatic rings. The summed E-state index contributed by atoms with van der Waals surface area (Å²) in [6.07, 6.45) is 0. The number of nitrogens with zero attached hydrogens (tertiary/aromatic N) is 2. The van der Waals surface area contributed by atoms with Gasteiger partial charge < -0.3 is 14.4 Å². The number of halogens is 11. The number of alkyl halides is 6. The summed E-state index contributed by atoms with van der Waals surface area (Å²) in [5, 5.41) is 16.3. The molecule has 0 aromatic carbocycles. The highest BCUT2D eigenvalue weighted by Gasteiger charge is 2.36. The Kier molecular flexibility index (Phi) is 12.5. The molecule has 0 aliphatic heterocycles. The van der Waals surface area contributed by atoms with Gasteiger partial charge in [0.25, 0.3) is 19.0 Å². The number of aromatic nitrogens is 2. The Labute approximate surface area is 197 Å². The van der Waals surface area contributed by atoms with Crippen molar-refractivity contribution < 1.29 is 32.9 Å². The lowest BCUT2D eigenvalue weighted by molar-refractivity contribution is -0.847. The van der Waals surface area contributed by atoms with Gasteiger partial charge in [0, 0.05) is 33.8 Å². The van der Waals surface area contributed by atoms with Gasteiger partial charge >= 0.3 is 10.3 Å². The molecule has 0 bridgehead atoms. The first kappa shape index (κ1) is 28.4. The summed E-state index contributed by atoms with van der Waals surface area (Å²) in [5.74, 6) is 0. The molecular formula is C12H6BCl8F3N2O2. The van der Waals surface area contributed by atoms with Crippen molar-refractivity contribution in [2.75, 3.05) is 0 Å². The van der Waals surface area contributed by atoms with E-state index in [1.807, 2.05) is 0 Å². The first-order valence-corrected chi connectivity index (χ1v) is 9.45. The lowest BCUT2D eigenvalue weighted by Crippen LogP contribution is -2.39. The zero-order chi connectivity index (χ0) is 22.3. The van der Waals surface area contributed by atoms with Crippen LogP contribution < -0.4 is 19.6 Å². The minimum atomic E-state index is -3.17. The Morgan fingerprint density at radius 2 is 0.964 bits per heavy atom. The van der Waals surface area contributed by atoms with Gasteiger partial charge in [-0.2, -0.15) is 0 Å². The normalized spacial score (nSPS) is 11.0. The van der Waals surface area contributed by atoms with Gasteiger partial charge in [-0.05, 0) is 35.3 Å². The van der Waals surface area contributed by atoms with Gasteiger partial charge in [-0.25, -0.2) is 0 Å². The van der Waals surface area contributed by atoms with E-state index in [0.717, 1.165) is 0 Å². The van der Waals surface area contributed by atoms with E-state index >= 15 is 0 Å². The molecule has 0 saturated carbocycles. The summed E-state index contributed by atoms with van der Waals surface area (Å²) in [4.78, 5) is 0.239. The van der Waals surface area contributed by atoms with Crippen molar-refractivity contribution >= 4 is 100 Å². The molecule has 0 unspecified atom stereocenters. The molecule has 2 aromatic heterocycles. The minimum absolute atomic E-state index is 0.120. The molecule has 28 heavy (non-hydrogen) atoms. The summed E-state index contributed by atoms with van der Waals surface area (Å²) >= 11 is 43.5. The van der Waals surface area contributed by atoms with Crippen LogP contribution in [0.25, 0.3) is 0 Å². The van der Waals surface area contributed by atoms with Crippen LogP contribution in [0.1, 0.15) is 11.4 Å². The van der Waals surface area contributed by atoms with Crippen LogP contribution in [0.4, 0.5) is 13.3 Å². The first-order valence-electron chi connectivity index (χ1n) is 6.42. The minimum Gasteiger partial charge on any atom is -0.867 e. The van der Waals surface area contributed by atoms with E-state index in [9.17, 15) is 13.3 Å². The third-order valence-corrected chi connectivity index (χ3v) is 4.07. The Balaban J connectivity index is 0.000000439. The zero-order valence-corrected chi connectivity index (χ0v) is 19.0. The highest BCUT2D eigenvalue weighted by Crippen LogP contribution is 2.37. The van der Waals surface area contributed by atoms with Gasteiger partial charge in [0.1, 0.15) is 7.40 Å². The topological polar surface area (TPSA) is 53.9 Å². The first-order chi connectivity index (χ1) is 12.6. The summed E-state index contributed by atoms with van der Waals surface area (Å²) in [5.41, 5.74) is -0.250. The van der Waals surface area contributed by atoms with Crippen LogP contribution >= 0.6 is 92.8 Å². The van der Waals surface area contributed by atoms with Gasteiger partial charge in [0.2, 0.25) is 0 Å². The fourth-order valence-corrected chi connectivity index (χ4v) is 2.49. The molecule has 0 fully saturated rings. The number of hydrogen-bond donors (Lipinski definition) is 0. The van der Waals surface area contributed by atoms with Crippen molar-refractivity contribution in [3.63, 3.8) is 0 Å². The molecule has 0 saturated heterocycles. The van der Waals surface area contributed by atoms with E-state index in [-0.39, 0.29) is 31.3 Å². The average Bonchev–Trinajstić information content (AvgIpc) is 2.50. The zero-order valence-electron chi connectivity index (χ0n) is 12.9. The quantitative estimate of drug-likeness (QED) is 0.277. The summed E-state index contributed by atoms with van der Waals surface area (Å²) in [6.45, 7) is 0. The third-order valence-electron chi connectivity index (χ3n) is 2.35. The van der Waals surface area contributed by atoms with Crippen LogP contribution in [0.15, 0.2) is 36.4 Å². The van der Waals surface area contributed by atoms with E-state index < -0.39 is 15.0 Å². The van der Waals surface area contributed by atoms with E-state index in [1.165, 1.54) is 36.4 Å². The van der Waals surface area contributed by atoms with Gasteiger partial charge in [0.15, 0.2) is 0 Å². The number of pyridine rings is 2. The summed E-state index contributed by atoms with van der Waals surface area (Å²) in [7, 11) is -3.17. The van der Waals surface area contributed by atoms with E-state index in [4.69, 9.17) is 103 Å². The van der Waals surface area contributed by atoms with Gasteiger partial charge in [-0.1, -0.05) is 69.6 Å². The highest BCUT2D eigenvalue weighted by atomic mass is 35.6. The molecule has 0 aliphatic carbocycles. The predicted octanol–water partition coefficient (Wildman–Crippen LogP) is 4.04. The molecule has 2 aromatic rings. The second-order valence-electron chi connectivity index (χ2n) is 4.30. The molecule has 0 amide bonds. The lowest BCUT2D eigenvalue weighted by atomic mass is 10.3. The van der Waals surface area contributed by atoms with Crippen molar-refractivity contribution in [2.45, 2.75) is 7.59 Å². The van der Waals surface area contributed by atoms with Crippen LogP contribution in [-0.4, -0.2) is 7.40 Å². The van der Waals surface area contributed by atoms with Crippen LogP contribution in [0.2, 0.25) is 10.3 Å². The Morgan fingerprint density at radius 3 is 1.14 bits per heavy atom. The Hall–Kier alpha value is 0.395. The predicted molar refractivity (Wildman–Crippen MR) is 102 cm³/mol. The van der Waals surface area contributed by atoms with Gasteiger partial charge in [-0.15, -0.1) is 0 Å². The fourth-order valence-electron chi connectivity index (χ4n) is 1.34. The molecule has 0 N–H and O–H groups in total. The van der Waals surface area contributed by atoms with Gasteiger partial charge in [-0.3, -0.25) is 0 Å². The van der Waals surface area contributed by atoms with Crippen molar-refractivity contribution in [2.24, 2.45) is 0 Å². The molecule has 0 atom stereocenters. The number of hydrogen-bond acceptors (Lipinski definition) is 2. The Bertz CT molecular complexity index is 713. The maximum Gasteiger partial charge on any atom is 0.322 e. The second kappa shape index (κ2) is 12.3. The standard InChI is InChI=1S/2C6H3Cl4FN.BFO2/c2*7-5-3-1-2-4(12(5)11)6(8,9)10;2-1(3)4/h2*1-3H;/q2*+1;-2. The van der Waals surface area contributed by atoms with Crippen LogP contribution in [0.5, 0.6) is 0 Å².